The number of nitrogens with zero attached hydrogens (tertiary/aromatic N) is 1. The molecule has 0 spiro atoms. The third-order valence-electron chi connectivity index (χ3n) is 1.43. The van der Waals surface area contributed by atoms with Gasteiger partial charge in [0.05, 0.1) is 0 Å². The molecule has 0 amide bonds. The summed E-state index contributed by atoms with van der Waals surface area (Å²) in [5.74, 6) is 0. The maximum atomic E-state index is 8.70. The molecule has 0 N–H and O–H groups in total. The van der Waals surface area contributed by atoms with E-state index in [0.717, 1.165) is 9.74 Å². The van der Waals surface area contributed by atoms with Gasteiger partial charge in [-0.1, -0.05) is 0 Å². The van der Waals surface area contributed by atoms with Crippen molar-refractivity contribution in [1.82, 2.24) is 0 Å². The van der Waals surface area contributed by atoms with Crippen LogP contribution in [0, 0.1) is 11.3 Å². The van der Waals surface area contributed by atoms with E-state index in [-0.39, 0.29) is 0 Å². The summed E-state index contributed by atoms with van der Waals surface area (Å²) in [6.45, 7) is 0. The molecule has 0 bridgehead atoms. The van der Waals surface area contributed by atoms with E-state index < -0.39 is 20.6 Å². The van der Waals surface area contributed by atoms with E-state index in [2.05, 4.69) is 18.4 Å². The molecule has 3 heteroatoms. The molecular weight excluding hydrogens is 305 g/mol. The summed E-state index contributed by atoms with van der Waals surface area (Å²) in [5, 5.41) is 8.70. The summed E-state index contributed by atoms with van der Waals surface area (Å²) < 4.78 is 1.11. The molecule has 0 unspecified atom stereocenters. The SMILES string of the molecule is N#Cc1ccccc1[CH2][In][Br]. The average Bonchev–Trinajstić information content (AvgIpc) is 2.06. The standard InChI is InChI=1S/C8H6N.BrH.In/c1-7-4-2-3-5-8(7)6-9;;/h2-5H,1H2;1H;/q;;+1/p-1. The van der Waals surface area contributed by atoms with Crippen LogP contribution in [0.5, 0.6) is 0 Å². The van der Waals surface area contributed by atoms with E-state index in [1.807, 2.05) is 24.3 Å². The van der Waals surface area contributed by atoms with Crippen molar-refractivity contribution in [2.45, 2.75) is 4.18 Å². The van der Waals surface area contributed by atoms with E-state index in [9.17, 15) is 0 Å². The van der Waals surface area contributed by atoms with Crippen LogP contribution in [0.4, 0.5) is 0 Å². The Morgan fingerprint density at radius 2 is 2.18 bits per heavy atom. The molecule has 1 nitrogen and oxygen atoms in total. The van der Waals surface area contributed by atoms with Crippen molar-refractivity contribution in [3.8, 4) is 6.07 Å². The van der Waals surface area contributed by atoms with Crippen molar-refractivity contribution in [3.63, 3.8) is 0 Å². The third kappa shape index (κ3) is 2.53. The molecule has 0 aliphatic carbocycles. The van der Waals surface area contributed by atoms with Gasteiger partial charge in [-0.25, -0.2) is 0 Å². The quantitative estimate of drug-likeness (QED) is 0.820. The number of hydrogen-bond donors (Lipinski definition) is 0. The topological polar surface area (TPSA) is 23.8 Å². The van der Waals surface area contributed by atoms with Crippen LogP contribution in [0.1, 0.15) is 11.1 Å². The van der Waals surface area contributed by atoms with Gasteiger partial charge >= 0.3 is 83.8 Å². The molecule has 0 atom stereocenters. The summed E-state index contributed by atoms with van der Waals surface area (Å²) in [6, 6.07) is 9.99. The van der Waals surface area contributed by atoms with Gasteiger partial charge in [-0.3, -0.25) is 0 Å². The van der Waals surface area contributed by atoms with Crippen molar-refractivity contribution in [2.24, 2.45) is 0 Å². The van der Waals surface area contributed by atoms with Crippen molar-refractivity contribution in [1.29, 1.82) is 5.26 Å². The number of hydrogen-bond acceptors (Lipinski definition) is 1. The molecule has 1 radical (unpaired) electrons. The number of nitriles is 1. The molecule has 0 aromatic heterocycles. The van der Waals surface area contributed by atoms with Gasteiger partial charge in [-0.05, 0) is 0 Å². The third-order valence-corrected chi connectivity index (χ3v) is 5.30. The van der Waals surface area contributed by atoms with Crippen LogP contribution < -0.4 is 0 Å². The van der Waals surface area contributed by atoms with Crippen molar-refractivity contribution < 1.29 is 0 Å². The Morgan fingerprint density at radius 3 is 2.82 bits per heavy atom. The van der Waals surface area contributed by atoms with Crippen LogP contribution >= 0.6 is 12.3 Å². The molecule has 0 fully saturated rings. The minimum atomic E-state index is -0.544. The van der Waals surface area contributed by atoms with Gasteiger partial charge < -0.3 is 0 Å². The first-order valence-corrected chi connectivity index (χ1v) is 13.0. The summed E-state index contributed by atoms with van der Waals surface area (Å²) in [6.07, 6.45) is 0. The monoisotopic (exact) mass is 310 g/mol. The number of rotatable bonds is 2. The zero-order valence-electron chi connectivity index (χ0n) is 5.92. The molecule has 0 aliphatic heterocycles. The fourth-order valence-electron chi connectivity index (χ4n) is 0.890. The summed E-state index contributed by atoms with van der Waals surface area (Å²) in [4.78, 5) is 0. The summed E-state index contributed by atoms with van der Waals surface area (Å²) in [7, 11) is 0. The molecule has 1 rings (SSSR count). The van der Waals surface area contributed by atoms with E-state index in [1.165, 1.54) is 5.56 Å². The van der Waals surface area contributed by atoms with Crippen molar-refractivity contribution in [2.75, 3.05) is 0 Å². The molecule has 0 saturated heterocycles. The van der Waals surface area contributed by atoms with Crippen LogP contribution in [-0.4, -0.2) is 20.6 Å². The molecule has 0 saturated carbocycles. The van der Waals surface area contributed by atoms with Crippen molar-refractivity contribution in [3.05, 3.63) is 35.4 Å². The van der Waals surface area contributed by atoms with Gasteiger partial charge in [-0.15, -0.1) is 0 Å². The number of benzene rings is 1. The predicted molar refractivity (Wildman–Crippen MR) is 49.5 cm³/mol. The number of halogens is 1. The molecule has 11 heavy (non-hydrogen) atoms. The normalized spacial score (nSPS) is 8.73. The Bertz CT molecular complexity index is 280. The van der Waals surface area contributed by atoms with Gasteiger partial charge in [0.25, 0.3) is 0 Å². The second kappa shape index (κ2) is 4.84. The fraction of sp³-hybridized carbons (Fsp3) is 0.125. The molecular formula is C8H6BrInN. The maximum absolute atomic E-state index is 8.70. The molecule has 53 valence electrons. The van der Waals surface area contributed by atoms with Crippen LogP contribution in [0.2, 0.25) is 0 Å². The van der Waals surface area contributed by atoms with E-state index in [1.54, 1.807) is 0 Å². The minimum absolute atomic E-state index is 0.544. The van der Waals surface area contributed by atoms with Gasteiger partial charge in [-0.2, -0.15) is 0 Å². The molecule has 0 aliphatic rings. The summed E-state index contributed by atoms with van der Waals surface area (Å²) >= 11 is 2.99. The van der Waals surface area contributed by atoms with Crippen molar-refractivity contribution >= 4 is 32.9 Å². The Balaban J connectivity index is 2.95. The summed E-state index contributed by atoms with van der Waals surface area (Å²) in [5.41, 5.74) is 2.03. The fourth-order valence-corrected chi connectivity index (χ4v) is 4.72. The van der Waals surface area contributed by atoms with Crippen LogP contribution in [0.15, 0.2) is 24.3 Å². The Hall–Kier alpha value is 0.0601. The zero-order valence-corrected chi connectivity index (χ0v) is 10.8. The van der Waals surface area contributed by atoms with E-state index in [0.29, 0.717) is 0 Å². The first kappa shape index (κ1) is 9.15. The van der Waals surface area contributed by atoms with Crippen LogP contribution in [0.25, 0.3) is 0 Å². The second-order valence-electron chi connectivity index (χ2n) is 2.13. The Kier molecular flexibility index (Phi) is 4.03. The first-order valence-electron chi connectivity index (χ1n) is 3.28. The Labute approximate surface area is 83.3 Å². The zero-order chi connectivity index (χ0) is 8.10. The van der Waals surface area contributed by atoms with E-state index in [4.69, 9.17) is 5.26 Å². The first-order chi connectivity index (χ1) is 5.38. The Morgan fingerprint density at radius 1 is 1.45 bits per heavy atom. The predicted octanol–water partition coefficient (Wildman–Crippen LogP) is 2.07. The van der Waals surface area contributed by atoms with Gasteiger partial charge in [0, 0.05) is 0 Å². The average molecular weight is 311 g/mol. The van der Waals surface area contributed by atoms with Gasteiger partial charge in [0.15, 0.2) is 0 Å². The molecule has 0 heterocycles. The van der Waals surface area contributed by atoms with E-state index >= 15 is 0 Å². The molecule has 1 aromatic rings. The van der Waals surface area contributed by atoms with Crippen LogP contribution in [0.3, 0.4) is 0 Å². The molecule has 1 aromatic carbocycles. The second-order valence-corrected chi connectivity index (χ2v) is 8.52. The van der Waals surface area contributed by atoms with Crippen LogP contribution in [-0.2, 0) is 4.18 Å². The van der Waals surface area contributed by atoms with Gasteiger partial charge in [0.2, 0.25) is 0 Å². The van der Waals surface area contributed by atoms with Gasteiger partial charge in [0.1, 0.15) is 0 Å².